The average molecular weight is 237 g/mol. The van der Waals surface area contributed by atoms with Crippen LogP contribution in [-0.4, -0.2) is 18.1 Å². The molecule has 2 heteroatoms. The molecule has 0 radical (unpaired) electrons. The van der Waals surface area contributed by atoms with Gasteiger partial charge in [-0.05, 0) is 41.5 Å². The van der Waals surface area contributed by atoms with Gasteiger partial charge in [-0.25, -0.2) is 0 Å². The molecule has 0 aromatic heterocycles. The summed E-state index contributed by atoms with van der Waals surface area (Å²) >= 11 is 2.01. The largest absolute Gasteiger partial charge is 0.385 e. The van der Waals surface area contributed by atoms with Crippen molar-refractivity contribution in [1.29, 1.82) is 0 Å². The van der Waals surface area contributed by atoms with Crippen LogP contribution in [0.15, 0.2) is 24.3 Å². The van der Waals surface area contributed by atoms with Gasteiger partial charge in [0.1, 0.15) is 0 Å². The second-order valence-corrected chi connectivity index (χ2v) is 5.65. The van der Waals surface area contributed by atoms with E-state index in [1.807, 2.05) is 11.8 Å². The van der Waals surface area contributed by atoms with Crippen LogP contribution in [0.4, 0.5) is 5.69 Å². The lowest BCUT2D eigenvalue weighted by atomic mass is 10.0. The maximum absolute atomic E-state index is 3.49. The summed E-state index contributed by atoms with van der Waals surface area (Å²) in [4.78, 5) is 0. The highest BCUT2D eigenvalue weighted by Crippen LogP contribution is 2.18. The van der Waals surface area contributed by atoms with E-state index in [1.165, 1.54) is 29.2 Å². The monoisotopic (exact) mass is 237 g/mol. The minimum Gasteiger partial charge on any atom is -0.385 e. The van der Waals surface area contributed by atoms with Crippen molar-refractivity contribution in [3.63, 3.8) is 0 Å². The lowest BCUT2D eigenvalue weighted by molar-refractivity contribution is 0.866. The third-order valence-corrected chi connectivity index (χ3v) is 3.54. The first-order valence-corrected chi connectivity index (χ1v) is 7.31. The topological polar surface area (TPSA) is 12.0 Å². The van der Waals surface area contributed by atoms with Crippen LogP contribution in [0, 0.1) is 0 Å². The third-order valence-electron chi connectivity index (χ3n) is 2.55. The Bertz CT molecular complexity index is 297. The zero-order valence-electron chi connectivity index (χ0n) is 10.6. The zero-order chi connectivity index (χ0) is 11.8. The van der Waals surface area contributed by atoms with E-state index in [-0.39, 0.29) is 0 Å². The predicted molar refractivity (Wildman–Crippen MR) is 76.6 cm³/mol. The first-order chi connectivity index (χ1) is 7.74. The Morgan fingerprint density at radius 1 is 1.31 bits per heavy atom. The second kappa shape index (κ2) is 7.61. The van der Waals surface area contributed by atoms with E-state index < -0.39 is 0 Å². The molecule has 16 heavy (non-hydrogen) atoms. The van der Waals surface area contributed by atoms with Gasteiger partial charge in [-0.15, -0.1) is 0 Å². The fourth-order valence-corrected chi connectivity index (χ4v) is 2.20. The fraction of sp³-hybridized carbons (Fsp3) is 0.571. The van der Waals surface area contributed by atoms with Gasteiger partial charge in [-0.3, -0.25) is 0 Å². The van der Waals surface area contributed by atoms with Gasteiger partial charge in [0.2, 0.25) is 0 Å². The quantitative estimate of drug-likeness (QED) is 0.707. The average Bonchev–Trinajstić information content (AvgIpc) is 2.29. The van der Waals surface area contributed by atoms with Gasteiger partial charge >= 0.3 is 0 Å². The van der Waals surface area contributed by atoms with Crippen LogP contribution >= 0.6 is 11.8 Å². The summed E-state index contributed by atoms with van der Waals surface area (Å²) in [7, 11) is 0. The first kappa shape index (κ1) is 13.4. The van der Waals surface area contributed by atoms with Crippen LogP contribution in [0.1, 0.15) is 38.7 Å². The van der Waals surface area contributed by atoms with Crippen molar-refractivity contribution < 1.29 is 0 Å². The minimum atomic E-state index is 0.609. The molecular weight excluding hydrogens is 214 g/mol. The van der Waals surface area contributed by atoms with E-state index in [9.17, 15) is 0 Å². The maximum Gasteiger partial charge on any atom is 0.0343 e. The second-order valence-electron chi connectivity index (χ2n) is 4.26. The Balaban J connectivity index is 2.33. The smallest absolute Gasteiger partial charge is 0.0343 e. The highest BCUT2D eigenvalue weighted by atomic mass is 32.2. The zero-order valence-corrected chi connectivity index (χ0v) is 11.4. The number of benzene rings is 1. The molecule has 0 aliphatic heterocycles. The summed E-state index contributed by atoms with van der Waals surface area (Å²) in [6.07, 6.45) is 1.24. The molecule has 90 valence electrons. The van der Waals surface area contributed by atoms with Gasteiger partial charge in [0.05, 0.1) is 0 Å². The molecular formula is C14H23NS. The fourth-order valence-electron chi connectivity index (χ4n) is 1.56. The van der Waals surface area contributed by atoms with Crippen LogP contribution in [0.2, 0.25) is 0 Å². The highest BCUT2D eigenvalue weighted by Gasteiger charge is 1.99. The molecule has 0 saturated carbocycles. The molecule has 0 fully saturated rings. The molecule has 0 bridgehead atoms. The summed E-state index contributed by atoms with van der Waals surface area (Å²) in [5.41, 5.74) is 2.67. The van der Waals surface area contributed by atoms with Gasteiger partial charge in [0.25, 0.3) is 0 Å². The SMILES string of the molecule is CCSCCCNc1cccc(C(C)C)c1. The Labute approximate surface area is 104 Å². The number of nitrogens with one attached hydrogen (secondary N) is 1. The van der Waals surface area contributed by atoms with Gasteiger partial charge in [-0.2, -0.15) is 11.8 Å². The molecule has 0 atom stereocenters. The Morgan fingerprint density at radius 3 is 2.81 bits per heavy atom. The van der Waals surface area contributed by atoms with E-state index in [4.69, 9.17) is 0 Å². The molecule has 0 amide bonds. The lowest BCUT2D eigenvalue weighted by Gasteiger charge is -2.10. The van der Waals surface area contributed by atoms with E-state index in [0.717, 1.165) is 6.54 Å². The Hall–Kier alpha value is -0.630. The molecule has 0 heterocycles. The molecule has 0 saturated heterocycles. The third kappa shape index (κ3) is 4.93. The Morgan fingerprint density at radius 2 is 2.12 bits per heavy atom. The van der Waals surface area contributed by atoms with E-state index in [0.29, 0.717) is 5.92 Å². The normalized spacial score (nSPS) is 10.8. The van der Waals surface area contributed by atoms with Gasteiger partial charge < -0.3 is 5.32 Å². The van der Waals surface area contributed by atoms with E-state index in [1.54, 1.807) is 0 Å². The molecule has 1 rings (SSSR count). The molecule has 1 aromatic carbocycles. The van der Waals surface area contributed by atoms with Gasteiger partial charge in [0, 0.05) is 12.2 Å². The van der Waals surface area contributed by atoms with Crippen molar-refractivity contribution in [3.8, 4) is 0 Å². The van der Waals surface area contributed by atoms with Crippen molar-refractivity contribution in [2.24, 2.45) is 0 Å². The molecule has 1 nitrogen and oxygen atoms in total. The Kier molecular flexibility index (Phi) is 6.39. The number of rotatable bonds is 7. The molecule has 0 spiro atoms. The van der Waals surface area contributed by atoms with Crippen molar-refractivity contribution >= 4 is 17.4 Å². The standard InChI is InChI=1S/C14H23NS/c1-4-16-10-6-9-15-14-8-5-7-13(11-14)12(2)3/h5,7-8,11-12,15H,4,6,9-10H2,1-3H3. The molecule has 0 aliphatic carbocycles. The van der Waals surface area contributed by atoms with E-state index >= 15 is 0 Å². The lowest BCUT2D eigenvalue weighted by Crippen LogP contribution is -2.03. The summed E-state index contributed by atoms with van der Waals surface area (Å²) in [6.45, 7) is 7.76. The summed E-state index contributed by atoms with van der Waals surface area (Å²) in [6, 6.07) is 8.75. The maximum atomic E-state index is 3.49. The number of hydrogen-bond donors (Lipinski definition) is 1. The van der Waals surface area contributed by atoms with Crippen LogP contribution in [0.5, 0.6) is 0 Å². The van der Waals surface area contributed by atoms with Crippen LogP contribution in [0.25, 0.3) is 0 Å². The van der Waals surface area contributed by atoms with Crippen LogP contribution in [-0.2, 0) is 0 Å². The van der Waals surface area contributed by atoms with Crippen molar-refractivity contribution in [3.05, 3.63) is 29.8 Å². The van der Waals surface area contributed by atoms with E-state index in [2.05, 4.69) is 50.4 Å². The number of hydrogen-bond acceptors (Lipinski definition) is 2. The number of thioether (sulfide) groups is 1. The molecule has 1 aromatic rings. The highest BCUT2D eigenvalue weighted by molar-refractivity contribution is 7.99. The summed E-state index contributed by atoms with van der Waals surface area (Å²) in [5, 5.41) is 3.49. The predicted octanol–water partition coefficient (Wildman–Crippen LogP) is 4.37. The molecule has 0 unspecified atom stereocenters. The first-order valence-electron chi connectivity index (χ1n) is 6.15. The van der Waals surface area contributed by atoms with Gasteiger partial charge in [0.15, 0.2) is 0 Å². The molecule has 0 aliphatic rings. The summed E-state index contributed by atoms with van der Waals surface area (Å²) < 4.78 is 0. The number of anilines is 1. The van der Waals surface area contributed by atoms with Crippen molar-refractivity contribution in [2.45, 2.75) is 33.1 Å². The molecule has 1 N–H and O–H groups in total. The minimum absolute atomic E-state index is 0.609. The summed E-state index contributed by atoms with van der Waals surface area (Å²) in [5.74, 6) is 3.09. The van der Waals surface area contributed by atoms with Crippen LogP contribution < -0.4 is 5.32 Å². The van der Waals surface area contributed by atoms with Crippen molar-refractivity contribution in [2.75, 3.05) is 23.4 Å². The van der Waals surface area contributed by atoms with Crippen LogP contribution in [0.3, 0.4) is 0 Å². The van der Waals surface area contributed by atoms with Crippen molar-refractivity contribution in [1.82, 2.24) is 0 Å². The van der Waals surface area contributed by atoms with Gasteiger partial charge in [-0.1, -0.05) is 32.9 Å².